The molecule has 0 saturated carbocycles. The van der Waals surface area contributed by atoms with Crippen molar-refractivity contribution in [1.82, 2.24) is 5.32 Å². The molecule has 0 unspecified atom stereocenters. The minimum Gasteiger partial charge on any atom is -0.352 e. The smallest absolute Gasteiger partial charge is 0.251 e. The highest BCUT2D eigenvalue weighted by molar-refractivity contribution is 7.92. The van der Waals surface area contributed by atoms with Crippen LogP contribution in [0.4, 0.5) is 5.69 Å². The van der Waals surface area contributed by atoms with E-state index in [4.69, 9.17) is 9.47 Å². The summed E-state index contributed by atoms with van der Waals surface area (Å²) in [6, 6.07) is 5.12. The number of hydrogen-bond acceptors (Lipinski definition) is 5. The zero-order valence-corrected chi connectivity index (χ0v) is 19.3. The second-order valence-corrected chi connectivity index (χ2v) is 10.7. The zero-order valence-electron chi connectivity index (χ0n) is 18.4. The fraction of sp³-hybridized carbons (Fsp3) is 0.682. The quantitative estimate of drug-likeness (QED) is 0.599. The summed E-state index contributed by atoms with van der Waals surface area (Å²) in [7, 11) is -3.33. The van der Waals surface area contributed by atoms with E-state index in [1.807, 2.05) is 13.0 Å². The summed E-state index contributed by atoms with van der Waals surface area (Å²) in [5.74, 6) is -0.131. The van der Waals surface area contributed by atoms with Crippen molar-refractivity contribution in [1.29, 1.82) is 0 Å². The maximum atomic E-state index is 12.6. The van der Waals surface area contributed by atoms with Crippen LogP contribution in [0.5, 0.6) is 0 Å². The van der Waals surface area contributed by atoms with Crippen LogP contribution in [0, 0.1) is 5.41 Å². The molecule has 1 N–H and O–H groups in total. The third kappa shape index (κ3) is 4.98. The van der Waals surface area contributed by atoms with E-state index in [9.17, 15) is 13.2 Å². The van der Waals surface area contributed by atoms with Crippen LogP contribution in [0.2, 0.25) is 0 Å². The lowest BCUT2D eigenvalue weighted by Crippen LogP contribution is -2.34. The van der Waals surface area contributed by atoms with Crippen molar-refractivity contribution < 1.29 is 22.7 Å². The summed E-state index contributed by atoms with van der Waals surface area (Å²) in [6.45, 7) is 8.11. The highest BCUT2D eigenvalue weighted by Gasteiger charge is 2.37. The van der Waals surface area contributed by atoms with E-state index in [0.29, 0.717) is 37.4 Å². The Morgan fingerprint density at radius 1 is 1.27 bits per heavy atom. The average Bonchev–Trinajstić information content (AvgIpc) is 3.31. The average molecular weight is 439 g/mol. The zero-order chi connectivity index (χ0) is 21.9. The number of carbonyl (C=O) groups is 1. The first-order chi connectivity index (χ1) is 14.2. The molecule has 7 nitrogen and oxygen atoms in total. The molecular formula is C22H34N2O5S. The van der Waals surface area contributed by atoms with Gasteiger partial charge in [0.05, 0.1) is 25.2 Å². The predicted octanol–water partition coefficient (Wildman–Crippen LogP) is 3.09. The molecule has 1 aromatic carbocycles. The third-order valence-corrected chi connectivity index (χ3v) is 7.35. The van der Waals surface area contributed by atoms with Crippen LogP contribution in [-0.4, -0.2) is 52.7 Å². The molecule has 2 atom stereocenters. The molecule has 2 heterocycles. The van der Waals surface area contributed by atoms with Crippen molar-refractivity contribution in [3.63, 3.8) is 0 Å². The van der Waals surface area contributed by atoms with E-state index >= 15 is 0 Å². The molecule has 30 heavy (non-hydrogen) atoms. The van der Waals surface area contributed by atoms with E-state index in [0.717, 1.165) is 31.2 Å². The van der Waals surface area contributed by atoms with Crippen LogP contribution in [-0.2, 0) is 25.9 Å². The molecular weight excluding hydrogens is 404 g/mol. The van der Waals surface area contributed by atoms with Gasteiger partial charge in [-0.2, -0.15) is 0 Å². The highest BCUT2D eigenvalue weighted by Crippen LogP contribution is 2.37. The number of benzene rings is 1. The second kappa shape index (κ2) is 9.24. The molecule has 0 radical (unpaired) electrons. The largest absolute Gasteiger partial charge is 0.352 e. The van der Waals surface area contributed by atoms with E-state index in [2.05, 4.69) is 19.2 Å². The number of amides is 1. The summed E-state index contributed by atoms with van der Waals surface area (Å²) in [6.07, 6.45) is 5.50. The van der Waals surface area contributed by atoms with Gasteiger partial charge in [-0.25, -0.2) is 8.42 Å². The Hall–Kier alpha value is -1.64. The Labute approximate surface area is 180 Å². The maximum Gasteiger partial charge on any atom is 0.251 e. The lowest BCUT2D eigenvalue weighted by Gasteiger charge is -2.34. The van der Waals surface area contributed by atoms with Crippen molar-refractivity contribution in [2.45, 2.75) is 65.2 Å². The Bertz CT molecular complexity index is 866. The Balaban J connectivity index is 1.56. The molecule has 0 bridgehead atoms. The molecule has 168 valence electrons. The van der Waals surface area contributed by atoms with Gasteiger partial charge in [0.1, 0.15) is 0 Å². The molecule has 1 fully saturated rings. The van der Waals surface area contributed by atoms with Gasteiger partial charge < -0.3 is 14.8 Å². The first kappa shape index (κ1) is 23.0. The van der Waals surface area contributed by atoms with E-state index in [1.54, 1.807) is 12.1 Å². The first-order valence-corrected chi connectivity index (χ1v) is 12.6. The fourth-order valence-electron chi connectivity index (χ4n) is 4.74. The van der Waals surface area contributed by atoms with Crippen molar-refractivity contribution in [3.8, 4) is 0 Å². The lowest BCUT2D eigenvalue weighted by molar-refractivity contribution is -0.133. The summed E-state index contributed by atoms with van der Waals surface area (Å²) in [4.78, 5) is 12.6. The van der Waals surface area contributed by atoms with E-state index < -0.39 is 10.0 Å². The SMILES string of the molecule is CCC[C@@](C)(CCCNC(=O)c1ccc2c(c1)C[C@H](C)N2S(C)(=O)=O)C1OCCO1. The van der Waals surface area contributed by atoms with E-state index in [1.165, 1.54) is 10.6 Å². The van der Waals surface area contributed by atoms with Gasteiger partial charge in [-0.1, -0.05) is 20.3 Å². The first-order valence-electron chi connectivity index (χ1n) is 10.8. The number of hydrogen-bond donors (Lipinski definition) is 1. The molecule has 0 aromatic heterocycles. The lowest BCUT2D eigenvalue weighted by atomic mass is 9.80. The Morgan fingerprint density at radius 3 is 2.60 bits per heavy atom. The van der Waals surface area contributed by atoms with Crippen LogP contribution in [0.3, 0.4) is 0 Å². The van der Waals surface area contributed by atoms with Gasteiger partial charge in [-0.05, 0) is 56.4 Å². The van der Waals surface area contributed by atoms with Gasteiger partial charge in [0.2, 0.25) is 10.0 Å². The maximum absolute atomic E-state index is 12.6. The molecule has 0 spiro atoms. The third-order valence-electron chi connectivity index (χ3n) is 6.07. The topological polar surface area (TPSA) is 84.9 Å². The number of rotatable bonds is 9. The van der Waals surface area contributed by atoms with Crippen LogP contribution >= 0.6 is 0 Å². The van der Waals surface area contributed by atoms with Gasteiger partial charge in [0.15, 0.2) is 6.29 Å². The number of nitrogens with zero attached hydrogens (tertiary/aromatic N) is 1. The van der Waals surface area contributed by atoms with Crippen molar-refractivity contribution in [2.24, 2.45) is 5.41 Å². The van der Waals surface area contributed by atoms with E-state index in [-0.39, 0.29) is 23.7 Å². The second-order valence-electron chi connectivity index (χ2n) is 8.79. The van der Waals surface area contributed by atoms with Crippen molar-refractivity contribution in [3.05, 3.63) is 29.3 Å². The van der Waals surface area contributed by atoms with Gasteiger partial charge >= 0.3 is 0 Å². The number of ether oxygens (including phenoxy) is 2. The molecule has 1 saturated heterocycles. The summed E-state index contributed by atoms with van der Waals surface area (Å²) < 4.78 is 37.0. The molecule has 8 heteroatoms. The van der Waals surface area contributed by atoms with Crippen LogP contribution in [0.15, 0.2) is 18.2 Å². The minimum absolute atomic E-state index is 0.0468. The van der Waals surface area contributed by atoms with Crippen molar-refractivity contribution in [2.75, 3.05) is 30.3 Å². The van der Waals surface area contributed by atoms with Crippen LogP contribution < -0.4 is 9.62 Å². The number of nitrogens with one attached hydrogen (secondary N) is 1. The number of carbonyl (C=O) groups excluding carboxylic acids is 1. The fourth-order valence-corrected chi connectivity index (χ4v) is 6.00. The Kier molecular flexibility index (Phi) is 7.09. The molecule has 0 aliphatic carbocycles. The summed E-state index contributed by atoms with van der Waals surface area (Å²) in [5, 5.41) is 3.00. The van der Waals surface area contributed by atoms with Crippen LogP contribution in [0.25, 0.3) is 0 Å². The monoisotopic (exact) mass is 438 g/mol. The Morgan fingerprint density at radius 2 is 1.97 bits per heavy atom. The van der Waals surface area contributed by atoms with Crippen LogP contribution in [0.1, 0.15) is 62.4 Å². The minimum atomic E-state index is -3.33. The van der Waals surface area contributed by atoms with Gasteiger partial charge in [0, 0.05) is 23.6 Å². The van der Waals surface area contributed by atoms with Gasteiger partial charge in [0.25, 0.3) is 5.91 Å². The molecule has 2 aliphatic rings. The van der Waals surface area contributed by atoms with Gasteiger partial charge in [-0.15, -0.1) is 0 Å². The number of anilines is 1. The molecule has 1 aromatic rings. The predicted molar refractivity (Wildman–Crippen MR) is 117 cm³/mol. The normalized spacial score (nSPS) is 21.5. The molecule has 1 amide bonds. The number of fused-ring (bicyclic) bond motifs is 1. The number of sulfonamides is 1. The van der Waals surface area contributed by atoms with Crippen molar-refractivity contribution >= 4 is 21.6 Å². The summed E-state index contributed by atoms with van der Waals surface area (Å²) in [5.41, 5.74) is 2.09. The molecule has 3 rings (SSSR count). The molecule has 2 aliphatic heterocycles. The summed E-state index contributed by atoms with van der Waals surface area (Å²) >= 11 is 0. The van der Waals surface area contributed by atoms with Gasteiger partial charge in [-0.3, -0.25) is 9.10 Å². The highest BCUT2D eigenvalue weighted by atomic mass is 32.2. The standard InChI is InChI=1S/C22H34N2O5S/c1-5-9-22(3,21-28-12-13-29-21)10-6-11-23-20(25)17-7-8-19-18(15-17)14-16(2)24(19)30(4,26)27/h7-8,15-16,21H,5-6,9-14H2,1-4H3,(H,23,25)/t16-,22-/m0/s1.